The van der Waals surface area contributed by atoms with Crippen LogP contribution in [0.5, 0.6) is 0 Å². The van der Waals surface area contributed by atoms with Gasteiger partial charge in [-0.05, 0) is 42.6 Å². The largest absolute Gasteiger partial charge is 0.379 e. The summed E-state index contributed by atoms with van der Waals surface area (Å²) in [5.74, 6) is 2.66. The van der Waals surface area contributed by atoms with Crippen LogP contribution in [0.25, 0.3) is 0 Å². The third-order valence-electron chi connectivity index (χ3n) is 6.19. The monoisotopic (exact) mass is 447 g/mol. The maximum atomic E-state index is 12.5. The summed E-state index contributed by atoms with van der Waals surface area (Å²) in [4.78, 5) is 14.5. The second-order valence-electron chi connectivity index (χ2n) is 9.72. The maximum absolute atomic E-state index is 12.5. The lowest BCUT2D eigenvalue weighted by Crippen LogP contribution is -2.52. The van der Waals surface area contributed by atoms with Crippen molar-refractivity contribution in [1.82, 2.24) is 4.90 Å². The van der Waals surface area contributed by atoms with Gasteiger partial charge in [0.1, 0.15) is 0 Å². The van der Waals surface area contributed by atoms with Gasteiger partial charge in [-0.1, -0.05) is 58.0 Å². The summed E-state index contributed by atoms with van der Waals surface area (Å²) in [7, 11) is 0. The van der Waals surface area contributed by atoms with Gasteiger partial charge >= 0.3 is 0 Å². The number of carbonyl (C=O) groups excluding carboxylic acids is 1. The van der Waals surface area contributed by atoms with Crippen molar-refractivity contribution in [3.8, 4) is 0 Å². The molecule has 32 heavy (non-hydrogen) atoms. The number of hydrogen-bond donors (Lipinski definition) is 0. The van der Waals surface area contributed by atoms with E-state index in [-0.39, 0.29) is 5.91 Å². The normalized spacial score (nSPS) is 15.4. The van der Waals surface area contributed by atoms with Crippen molar-refractivity contribution in [3.05, 3.63) is 35.9 Å². The van der Waals surface area contributed by atoms with E-state index in [0.717, 1.165) is 39.0 Å². The first-order valence-electron chi connectivity index (χ1n) is 12.5. The molecule has 0 radical (unpaired) electrons. The van der Waals surface area contributed by atoms with E-state index >= 15 is 0 Å². The Bertz CT molecular complexity index is 613. The van der Waals surface area contributed by atoms with Gasteiger partial charge in [-0.25, -0.2) is 0 Å². The molecule has 1 aromatic rings. The quantitative estimate of drug-likeness (QED) is 0.310. The first-order valence-corrected chi connectivity index (χ1v) is 12.5. The van der Waals surface area contributed by atoms with Crippen molar-refractivity contribution in [3.63, 3.8) is 0 Å². The highest BCUT2D eigenvalue weighted by atomic mass is 16.5. The molecular formula is C27H45NO4. The average molecular weight is 448 g/mol. The van der Waals surface area contributed by atoms with Crippen molar-refractivity contribution in [2.45, 2.75) is 59.3 Å². The van der Waals surface area contributed by atoms with Crippen LogP contribution in [0.4, 0.5) is 0 Å². The topological polar surface area (TPSA) is 48.0 Å². The fourth-order valence-corrected chi connectivity index (χ4v) is 4.32. The number of unbranched alkanes of at least 4 members (excludes halogenated alkanes) is 1. The Morgan fingerprint density at radius 2 is 1.47 bits per heavy atom. The molecule has 2 rings (SSSR count). The van der Waals surface area contributed by atoms with Crippen LogP contribution in [0.3, 0.4) is 0 Å². The third-order valence-corrected chi connectivity index (χ3v) is 6.19. The van der Waals surface area contributed by atoms with Gasteiger partial charge in [-0.15, -0.1) is 0 Å². The van der Waals surface area contributed by atoms with Crippen LogP contribution in [0.1, 0.15) is 64.9 Å². The number of hydrogen-bond acceptors (Lipinski definition) is 4. The molecule has 0 N–H and O–H groups in total. The van der Waals surface area contributed by atoms with Gasteiger partial charge in [-0.3, -0.25) is 4.79 Å². The standard InChI is InChI=1S/C27H45NO4/c1-22(2)13-15-31-17-19-32-18-16-30-14-9-8-12-26(29)28-20-25(21-28)27(23(3)4)24-10-6-5-7-11-24/h5-7,10-11,22-23,25,27H,8-9,12-21H2,1-4H3/t27-/m1/s1. The minimum atomic E-state index is 0.289. The number of carbonyl (C=O) groups is 1. The number of ether oxygens (including phenoxy) is 3. The Hall–Kier alpha value is -1.43. The van der Waals surface area contributed by atoms with Crippen LogP contribution < -0.4 is 0 Å². The molecule has 0 unspecified atom stereocenters. The summed E-state index contributed by atoms with van der Waals surface area (Å²) >= 11 is 0. The fraction of sp³-hybridized carbons (Fsp3) is 0.741. The van der Waals surface area contributed by atoms with Crippen molar-refractivity contribution < 1.29 is 19.0 Å². The zero-order chi connectivity index (χ0) is 23.2. The van der Waals surface area contributed by atoms with Crippen LogP contribution >= 0.6 is 0 Å². The third kappa shape index (κ3) is 10.0. The molecule has 1 atom stereocenters. The molecule has 0 aliphatic carbocycles. The van der Waals surface area contributed by atoms with Gasteiger partial charge < -0.3 is 19.1 Å². The molecular weight excluding hydrogens is 402 g/mol. The van der Waals surface area contributed by atoms with E-state index in [1.807, 2.05) is 4.90 Å². The Labute approximate surface area is 195 Å². The molecule has 1 aromatic carbocycles. The second-order valence-corrected chi connectivity index (χ2v) is 9.72. The van der Waals surface area contributed by atoms with Crippen molar-refractivity contribution in [2.75, 3.05) is 52.7 Å². The summed E-state index contributed by atoms with van der Waals surface area (Å²) in [6.07, 6.45) is 3.52. The minimum Gasteiger partial charge on any atom is -0.379 e. The van der Waals surface area contributed by atoms with E-state index in [1.165, 1.54) is 5.56 Å². The predicted molar refractivity (Wildman–Crippen MR) is 130 cm³/mol. The highest BCUT2D eigenvalue weighted by molar-refractivity contribution is 5.77. The molecule has 5 nitrogen and oxygen atoms in total. The molecule has 1 aliphatic heterocycles. The average Bonchev–Trinajstić information content (AvgIpc) is 2.73. The van der Waals surface area contributed by atoms with Gasteiger partial charge in [0.05, 0.1) is 26.4 Å². The molecule has 1 aliphatic rings. The summed E-state index contributed by atoms with van der Waals surface area (Å²) in [5, 5.41) is 0. The SMILES string of the molecule is CC(C)CCOCCOCCOCCCCC(=O)N1CC([C@@H](c2ccccc2)C(C)C)C1. The Kier molecular flexibility index (Phi) is 12.9. The predicted octanol–water partition coefficient (Wildman–Crippen LogP) is 5.15. The van der Waals surface area contributed by atoms with Gasteiger partial charge in [-0.2, -0.15) is 0 Å². The zero-order valence-corrected chi connectivity index (χ0v) is 20.8. The molecule has 182 valence electrons. The molecule has 1 amide bonds. The van der Waals surface area contributed by atoms with E-state index in [9.17, 15) is 4.79 Å². The summed E-state index contributed by atoms with van der Waals surface area (Å²) < 4.78 is 16.6. The smallest absolute Gasteiger partial charge is 0.222 e. The summed E-state index contributed by atoms with van der Waals surface area (Å²) in [6.45, 7) is 14.7. The summed E-state index contributed by atoms with van der Waals surface area (Å²) in [5.41, 5.74) is 1.40. The van der Waals surface area contributed by atoms with Crippen LogP contribution in [-0.2, 0) is 19.0 Å². The fourth-order valence-electron chi connectivity index (χ4n) is 4.32. The first-order chi connectivity index (χ1) is 15.5. The lowest BCUT2D eigenvalue weighted by molar-refractivity contribution is -0.138. The zero-order valence-electron chi connectivity index (χ0n) is 20.8. The molecule has 0 bridgehead atoms. The minimum absolute atomic E-state index is 0.289. The highest BCUT2D eigenvalue weighted by Gasteiger charge is 2.37. The van der Waals surface area contributed by atoms with E-state index in [1.54, 1.807) is 0 Å². The van der Waals surface area contributed by atoms with Crippen LogP contribution in [0.2, 0.25) is 0 Å². The Morgan fingerprint density at radius 3 is 2.06 bits per heavy atom. The Morgan fingerprint density at radius 1 is 0.875 bits per heavy atom. The molecule has 0 spiro atoms. The van der Waals surface area contributed by atoms with Crippen molar-refractivity contribution in [2.24, 2.45) is 17.8 Å². The molecule has 1 saturated heterocycles. The second kappa shape index (κ2) is 15.4. The first kappa shape index (κ1) is 26.8. The number of amides is 1. The number of benzene rings is 1. The number of likely N-dealkylation sites (tertiary alicyclic amines) is 1. The van der Waals surface area contributed by atoms with E-state index in [0.29, 0.717) is 63.1 Å². The van der Waals surface area contributed by atoms with E-state index < -0.39 is 0 Å². The lowest BCUT2D eigenvalue weighted by Gasteiger charge is -2.45. The molecule has 1 heterocycles. The van der Waals surface area contributed by atoms with Crippen LogP contribution in [0.15, 0.2) is 30.3 Å². The summed E-state index contributed by atoms with van der Waals surface area (Å²) in [6, 6.07) is 10.7. The van der Waals surface area contributed by atoms with Crippen LogP contribution in [-0.4, -0.2) is 63.5 Å². The molecule has 0 aromatic heterocycles. The van der Waals surface area contributed by atoms with Crippen LogP contribution in [0, 0.1) is 17.8 Å². The molecule has 0 saturated carbocycles. The lowest BCUT2D eigenvalue weighted by atomic mass is 9.74. The Balaban J connectivity index is 1.45. The highest BCUT2D eigenvalue weighted by Crippen LogP contribution is 2.37. The van der Waals surface area contributed by atoms with E-state index in [2.05, 4.69) is 58.0 Å². The van der Waals surface area contributed by atoms with Gasteiger partial charge in [0.15, 0.2) is 0 Å². The maximum Gasteiger partial charge on any atom is 0.222 e. The number of nitrogens with zero attached hydrogens (tertiary/aromatic N) is 1. The van der Waals surface area contributed by atoms with Crippen molar-refractivity contribution in [1.29, 1.82) is 0 Å². The molecule has 5 heteroatoms. The van der Waals surface area contributed by atoms with E-state index in [4.69, 9.17) is 14.2 Å². The van der Waals surface area contributed by atoms with Gasteiger partial charge in [0.25, 0.3) is 0 Å². The van der Waals surface area contributed by atoms with Gasteiger partial charge in [0, 0.05) is 38.6 Å². The van der Waals surface area contributed by atoms with Crippen molar-refractivity contribution >= 4 is 5.91 Å². The van der Waals surface area contributed by atoms with Gasteiger partial charge in [0.2, 0.25) is 5.91 Å². The number of rotatable bonds is 17. The molecule has 1 fully saturated rings.